The van der Waals surface area contributed by atoms with Crippen LogP contribution in [0.25, 0.3) is 0 Å². The standard InChI is InChI=1S/C9H11ClN2O/c10-9(13)8(12-11)6-7-4-2-1-3-5-7/h1-5,8,12H,6,11H2. The molecule has 70 valence electrons. The van der Waals surface area contributed by atoms with Crippen molar-refractivity contribution in [2.24, 2.45) is 5.84 Å². The third-order valence-electron chi connectivity index (χ3n) is 1.76. The van der Waals surface area contributed by atoms with Crippen molar-refractivity contribution in [3.05, 3.63) is 35.9 Å². The Balaban J connectivity index is 2.62. The zero-order valence-corrected chi connectivity index (χ0v) is 7.79. The zero-order chi connectivity index (χ0) is 9.68. The number of carbonyl (C=O) groups is 1. The van der Waals surface area contributed by atoms with Gasteiger partial charge in [-0.05, 0) is 23.6 Å². The van der Waals surface area contributed by atoms with Crippen molar-refractivity contribution in [1.29, 1.82) is 0 Å². The number of carbonyl (C=O) groups excluding carboxylic acids is 1. The van der Waals surface area contributed by atoms with Crippen LogP contribution in [-0.4, -0.2) is 11.3 Å². The molecule has 3 N–H and O–H groups in total. The monoisotopic (exact) mass is 198 g/mol. The minimum Gasteiger partial charge on any atom is -0.279 e. The quantitative estimate of drug-likeness (QED) is 0.428. The van der Waals surface area contributed by atoms with E-state index in [1.54, 1.807) is 0 Å². The number of nitrogens with one attached hydrogen (secondary N) is 1. The molecule has 13 heavy (non-hydrogen) atoms. The van der Waals surface area contributed by atoms with Crippen molar-refractivity contribution in [3.63, 3.8) is 0 Å². The van der Waals surface area contributed by atoms with E-state index in [-0.39, 0.29) is 0 Å². The molecule has 0 bridgehead atoms. The predicted octanol–water partition coefficient (Wildman–Crippen LogP) is 0.826. The van der Waals surface area contributed by atoms with Gasteiger partial charge in [-0.2, -0.15) is 0 Å². The highest BCUT2D eigenvalue weighted by Gasteiger charge is 2.13. The molecule has 0 aliphatic rings. The van der Waals surface area contributed by atoms with Gasteiger partial charge in [-0.3, -0.25) is 10.6 Å². The minimum atomic E-state index is -0.510. The Morgan fingerprint density at radius 3 is 2.54 bits per heavy atom. The molecular weight excluding hydrogens is 188 g/mol. The van der Waals surface area contributed by atoms with Crippen molar-refractivity contribution in [1.82, 2.24) is 5.43 Å². The van der Waals surface area contributed by atoms with Crippen molar-refractivity contribution < 1.29 is 4.79 Å². The van der Waals surface area contributed by atoms with Gasteiger partial charge in [-0.25, -0.2) is 5.43 Å². The Hall–Kier alpha value is -0.900. The molecule has 1 rings (SSSR count). The van der Waals surface area contributed by atoms with Crippen LogP contribution in [0, 0.1) is 0 Å². The zero-order valence-electron chi connectivity index (χ0n) is 7.03. The van der Waals surface area contributed by atoms with Crippen molar-refractivity contribution in [3.8, 4) is 0 Å². The average molecular weight is 199 g/mol. The first kappa shape index (κ1) is 10.2. The van der Waals surface area contributed by atoms with E-state index in [0.717, 1.165) is 5.56 Å². The second-order valence-electron chi connectivity index (χ2n) is 2.71. The summed E-state index contributed by atoms with van der Waals surface area (Å²) in [5, 5.41) is -0.466. The number of hydrazine groups is 1. The highest BCUT2D eigenvalue weighted by Crippen LogP contribution is 2.04. The summed E-state index contributed by atoms with van der Waals surface area (Å²) in [6, 6.07) is 9.05. The molecule has 0 radical (unpaired) electrons. The Bertz CT molecular complexity index is 276. The summed E-state index contributed by atoms with van der Waals surface area (Å²) in [4.78, 5) is 10.8. The third-order valence-corrected chi connectivity index (χ3v) is 2.02. The largest absolute Gasteiger partial charge is 0.279 e. The molecule has 0 amide bonds. The number of benzene rings is 1. The van der Waals surface area contributed by atoms with Crippen molar-refractivity contribution >= 4 is 16.8 Å². The second kappa shape index (κ2) is 4.97. The van der Waals surface area contributed by atoms with Gasteiger partial charge in [0.15, 0.2) is 0 Å². The minimum absolute atomic E-state index is 0.466. The SMILES string of the molecule is NNC(Cc1ccccc1)C(=O)Cl. The van der Waals surface area contributed by atoms with E-state index in [1.807, 2.05) is 30.3 Å². The second-order valence-corrected chi connectivity index (χ2v) is 3.09. The highest BCUT2D eigenvalue weighted by atomic mass is 35.5. The molecule has 0 aliphatic carbocycles. The smallest absolute Gasteiger partial charge is 0.240 e. The maximum atomic E-state index is 10.8. The average Bonchev–Trinajstić information content (AvgIpc) is 2.15. The molecule has 1 aromatic rings. The number of rotatable bonds is 4. The summed E-state index contributed by atoms with van der Waals surface area (Å²) < 4.78 is 0. The molecule has 0 spiro atoms. The fraction of sp³-hybridized carbons (Fsp3) is 0.222. The van der Waals surface area contributed by atoms with Crippen LogP contribution in [-0.2, 0) is 11.2 Å². The normalized spacial score (nSPS) is 12.5. The fourth-order valence-electron chi connectivity index (χ4n) is 1.05. The summed E-state index contributed by atoms with van der Waals surface area (Å²) in [5.74, 6) is 5.17. The molecular formula is C9H11ClN2O. The lowest BCUT2D eigenvalue weighted by atomic mass is 10.1. The lowest BCUT2D eigenvalue weighted by Crippen LogP contribution is -2.40. The first-order chi connectivity index (χ1) is 6.24. The Morgan fingerprint density at radius 1 is 1.46 bits per heavy atom. The van der Waals surface area contributed by atoms with Crippen LogP contribution in [0.5, 0.6) is 0 Å². The Morgan fingerprint density at radius 2 is 2.08 bits per heavy atom. The van der Waals surface area contributed by atoms with Crippen LogP contribution in [0.1, 0.15) is 5.56 Å². The molecule has 1 aromatic carbocycles. The summed E-state index contributed by atoms with van der Waals surface area (Å²) in [7, 11) is 0. The Labute approximate surface area is 81.9 Å². The molecule has 0 heterocycles. The first-order valence-corrected chi connectivity index (χ1v) is 4.31. The summed E-state index contributed by atoms with van der Waals surface area (Å²) in [6.07, 6.45) is 0.514. The molecule has 0 aromatic heterocycles. The topological polar surface area (TPSA) is 55.1 Å². The van der Waals surface area contributed by atoms with Crippen LogP contribution in [0.3, 0.4) is 0 Å². The van der Waals surface area contributed by atoms with E-state index in [2.05, 4.69) is 5.43 Å². The van der Waals surface area contributed by atoms with E-state index in [4.69, 9.17) is 17.4 Å². The van der Waals surface area contributed by atoms with Crippen LogP contribution >= 0.6 is 11.6 Å². The summed E-state index contributed by atoms with van der Waals surface area (Å²) >= 11 is 5.31. The van der Waals surface area contributed by atoms with Gasteiger partial charge in [0.2, 0.25) is 5.24 Å². The molecule has 0 saturated carbocycles. The number of hydrogen-bond donors (Lipinski definition) is 2. The molecule has 0 aliphatic heterocycles. The molecule has 4 heteroatoms. The number of nitrogens with two attached hydrogens (primary N) is 1. The van der Waals surface area contributed by atoms with Gasteiger partial charge in [0, 0.05) is 0 Å². The maximum absolute atomic E-state index is 10.8. The summed E-state index contributed by atoms with van der Waals surface area (Å²) in [5.41, 5.74) is 3.40. The van der Waals surface area contributed by atoms with Gasteiger partial charge < -0.3 is 0 Å². The van der Waals surface area contributed by atoms with E-state index in [9.17, 15) is 4.79 Å². The predicted molar refractivity (Wildman–Crippen MR) is 52.1 cm³/mol. The molecule has 0 fully saturated rings. The van der Waals surface area contributed by atoms with Crippen LogP contribution in [0.2, 0.25) is 0 Å². The van der Waals surface area contributed by atoms with Crippen molar-refractivity contribution in [2.75, 3.05) is 0 Å². The maximum Gasteiger partial charge on any atom is 0.240 e. The fourth-order valence-corrected chi connectivity index (χ4v) is 1.19. The van der Waals surface area contributed by atoms with E-state index >= 15 is 0 Å². The molecule has 1 atom stereocenters. The van der Waals surface area contributed by atoms with Gasteiger partial charge in [0.05, 0.1) is 6.04 Å². The van der Waals surface area contributed by atoms with Crippen molar-refractivity contribution in [2.45, 2.75) is 12.5 Å². The molecule has 3 nitrogen and oxygen atoms in total. The van der Waals surface area contributed by atoms with Crippen LogP contribution in [0.4, 0.5) is 0 Å². The van der Waals surface area contributed by atoms with Crippen LogP contribution in [0.15, 0.2) is 30.3 Å². The molecule has 0 saturated heterocycles. The Kier molecular flexibility index (Phi) is 3.89. The highest BCUT2D eigenvalue weighted by molar-refractivity contribution is 6.64. The van der Waals surface area contributed by atoms with Gasteiger partial charge in [-0.1, -0.05) is 30.3 Å². The van der Waals surface area contributed by atoms with Gasteiger partial charge in [0.1, 0.15) is 0 Å². The van der Waals surface area contributed by atoms with E-state index < -0.39 is 11.3 Å². The third kappa shape index (κ3) is 3.14. The molecule has 1 unspecified atom stereocenters. The van der Waals surface area contributed by atoms with Gasteiger partial charge >= 0.3 is 0 Å². The lowest BCUT2D eigenvalue weighted by molar-refractivity contribution is -0.113. The lowest BCUT2D eigenvalue weighted by Gasteiger charge is -2.10. The number of halogens is 1. The van der Waals surface area contributed by atoms with Gasteiger partial charge in [0.25, 0.3) is 0 Å². The number of hydrogen-bond acceptors (Lipinski definition) is 3. The van der Waals surface area contributed by atoms with Crippen LogP contribution < -0.4 is 11.3 Å². The van der Waals surface area contributed by atoms with E-state index in [0.29, 0.717) is 6.42 Å². The van der Waals surface area contributed by atoms with E-state index in [1.165, 1.54) is 0 Å². The van der Waals surface area contributed by atoms with Gasteiger partial charge in [-0.15, -0.1) is 0 Å². The summed E-state index contributed by atoms with van der Waals surface area (Å²) in [6.45, 7) is 0. The first-order valence-electron chi connectivity index (χ1n) is 3.93.